The largest absolute Gasteiger partial charge is 0.440 e. The molecule has 1 aromatic heterocycles. The van der Waals surface area contributed by atoms with Crippen LogP contribution in [-0.2, 0) is 17.8 Å². The van der Waals surface area contributed by atoms with Crippen molar-refractivity contribution in [3.63, 3.8) is 0 Å². The standard InChI is InChI=1S/C24H27N3O3/c1-4-29-16-18-6-5-17(2)20(13-18)14-23-25-15-22(30-23)19-7-9-21(10-8-19)27-12-11-26(3)24(27)28/h5-10,13,15H,4,11-12,14,16H2,1-3H3. The van der Waals surface area contributed by atoms with E-state index in [2.05, 4.69) is 30.1 Å². The molecule has 4 rings (SSSR count). The second kappa shape index (κ2) is 8.71. The number of anilines is 1. The number of oxazole rings is 1. The van der Waals surface area contributed by atoms with Gasteiger partial charge in [0.05, 0.1) is 12.8 Å². The summed E-state index contributed by atoms with van der Waals surface area (Å²) < 4.78 is 11.5. The van der Waals surface area contributed by atoms with Crippen molar-refractivity contribution in [2.75, 3.05) is 31.6 Å². The number of aromatic nitrogens is 1. The Kier molecular flexibility index (Phi) is 5.86. The number of carbonyl (C=O) groups is 1. The first-order valence-electron chi connectivity index (χ1n) is 10.3. The zero-order valence-corrected chi connectivity index (χ0v) is 17.7. The molecule has 3 aromatic rings. The summed E-state index contributed by atoms with van der Waals surface area (Å²) in [4.78, 5) is 20.1. The highest BCUT2D eigenvalue weighted by Gasteiger charge is 2.26. The highest BCUT2D eigenvalue weighted by Crippen LogP contribution is 2.27. The molecular formula is C24H27N3O3. The summed E-state index contributed by atoms with van der Waals surface area (Å²) in [5.41, 5.74) is 5.39. The number of likely N-dealkylation sites (N-methyl/N-ethyl adjacent to an activating group) is 1. The molecule has 0 spiro atoms. The van der Waals surface area contributed by atoms with Gasteiger partial charge in [-0.3, -0.25) is 4.90 Å². The number of urea groups is 1. The van der Waals surface area contributed by atoms with E-state index in [0.29, 0.717) is 32.1 Å². The van der Waals surface area contributed by atoms with Crippen LogP contribution in [0.15, 0.2) is 53.1 Å². The fraction of sp³-hybridized carbons (Fsp3) is 0.333. The fourth-order valence-electron chi connectivity index (χ4n) is 3.61. The van der Waals surface area contributed by atoms with Gasteiger partial charge in [-0.05, 0) is 54.8 Å². The van der Waals surface area contributed by atoms with Crippen LogP contribution in [0.1, 0.15) is 29.5 Å². The second-order valence-electron chi connectivity index (χ2n) is 7.60. The average molecular weight is 405 g/mol. The van der Waals surface area contributed by atoms with Crippen LogP contribution in [-0.4, -0.2) is 42.7 Å². The summed E-state index contributed by atoms with van der Waals surface area (Å²) in [6.07, 6.45) is 2.40. The molecule has 1 aliphatic rings. The van der Waals surface area contributed by atoms with E-state index in [4.69, 9.17) is 9.15 Å². The zero-order valence-electron chi connectivity index (χ0n) is 17.7. The molecule has 6 heteroatoms. The number of hydrogen-bond donors (Lipinski definition) is 0. The van der Waals surface area contributed by atoms with Gasteiger partial charge in [0.1, 0.15) is 0 Å². The predicted octanol–water partition coefficient (Wildman–Crippen LogP) is 4.65. The van der Waals surface area contributed by atoms with E-state index in [1.165, 1.54) is 11.1 Å². The van der Waals surface area contributed by atoms with Crippen LogP contribution in [0.3, 0.4) is 0 Å². The molecule has 0 aliphatic carbocycles. The summed E-state index contributed by atoms with van der Waals surface area (Å²) >= 11 is 0. The minimum Gasteiger partial charge on any atom is -0.440 e. The third-order valence-corrected chi connectivity index (χ3v) is 5.46. The third-order valence-electron chi connectivity index (χ3n) is 5.46. The molecule has 0 unspecified atom stereocenters. The van der Waals surface area contributed by atoms with E-state index in [1.807, 2.05) is 38.2 Å². The van der Waals surface area contributed by atoms with Gasteiger partial charge in [0, 0.05) is 44.4 Å². The van der Waals surface area contributed by atoms with Crippen molar-refractivity contribution >= 4 is 11.7 Å². The summed E-state index contributed by atoms with van der Waals surface area (Å²) in [7, 11) is 1.82. The average Bonchev–Trinajstić information content (AvgIpc) is 3.36. The van der Waals surface area contributed by atoms with Gasteiger partial charge >= 0.3 is 6.03 Å². The Hall–Kier alpha value is -3.12. The van der Waals surface area contributed by atoms with Crippen molar-refractivity contribution in [3.05, 3.63) is 71.2 Å². The Bertz CT molecular complexity index is 1030. The first kappa shape index (κ1) is 20.2. The van der Waals surface area contributed by atoms with Crippen LogP contribution in [0.5, 0.6) is 0 Å². The van der Waals surface area contributed by atoms with Gasteiger partial charge in [-0.1, -0.05) is 18.2 Å². The lowest BCUT2D eigenvalue weighted by Gasteiger charge is -2.16. The molecule has 0 atom stereocenters. The first-order chi connectivity index (χ1) is 14.5. The molecule has 156 valence electrons. The Morgan fingerprint density at radius 1 is 1.13 bits per heavy atom. The number of amides is 2. The topological polar surface area (TPSA) is 58.8 Å². The molecule has 0 saturated carbocycles. The lowest BCUT2D eigenvalue weighted by Crippen LogP contribution is -2.29. The van der Waals surface area contributed by atoms with E-state index >= 15 is 0 Å². The van der Waals surface area contributed by atoms with Crippen LogP contribution in [0.2, 0.25) is 0 Å². The van der Waals surface area contributed by atoms with Gasteiger partial charge in [-0.2, -0.15) is 0 Å². The maximum atomic E-state index is 12.2. The Labute approximate surface area is 177 Å². The molecule has 1 aliphatic heterocycles. The predicted molar refractivity (Wildman–Crippen MR) is 117 cm³/mol. The SMILES string of the molecule is CCOCc1ccc(C)c(Cc2ncc(-c3ccc(N4CCN(C)C4=O)cc3)o2)c1. The third kappa shape index (κ3) is 4.24. The van der Waals surface area contributed by atoms with E-state index in [9.17, 15) is 4.79 Å². The minimum absolute atomic E-state index is 0.0339. The monoisotopic (exact) mass is 405 g/mol. The van der Waals surface area contributed by atoms with Crippen molar-refractivity contribution < 1.29 is 13.9 Å². The second-order valence-corrected chi connectivity index (χ2v) is 7.60. The Morgan fingerprint density at radius 3 is 2.63 bits per heavy atom. The van der Waals surface area contributed by atoms with Crippen molar-refractivity contribution in [1.82, 2.24) is 9.88 Å². The molecule has 0 N–H and O–H groups in total. The van der Waals surface area contributed by atoms with Crippen molar-refractivity contribution in [1.29, 1.82) is 0 Å². The zero-order chi connectivity index (χ0) is 21.1. The van der Waals surface area contributed by atoms with Crippen LogP contribution in [0.25, 0.3) is 11.3 Å². The van der Waals surface area contributed by atoms with Crippen LogP contribution in [0.4, 0.5) is 10.5 Å². The highest BCUT2D eigenvalue weighted by molar-refractivity contribution is 5.94. The first-order valence-corrected chi connectivity index (χ1v) is 10.3. The van der Waals surface area contributed by atoms with E-state index in [1.54, 1.807) is 16.0 Å². The molecule has 0 radical (unpaired) electrons. The van der Waals surface area contributed by atoms with E-state index in [-0.39, 0.29) is 6.03 Å². The van der Waals surface area contributed by atoms with Gasteiger partial charge in [-0.25, -0.2) is 9.78 Å². The summed E-state index contributed by atoms with van der Waals surface area (Å²) in [6.45, 7) is 6.87. The molecule has 6 nitrogen and oxygen atoms in total. The maximum Gasteiger partial charge on any atom is 0.324 e. The number of hydrogen-bond acceptors (Lipinski definition) is 4. The molecule has 0 bridgehead atoms. The summed E-state index contributed by atoms with van der Waals surface area (Å²) in [5, 5.41) is 0. The van der Waals surface area contributed by atoms with Crippen molar-refractivity contribution in [2.24, 2.45) is 0 Å². The molecule has 2 aromatic carbocycles. The summed E-state index contributed by atoms with van der Waals surface area (Å²) in [5.74, 6) is 1.41. The number of benzene rings is 2. The molecule has 2 heterocycles. The molecular weight excluding hydrogens is 378 g/mol. The van der Waals surface area contributed by atoms with E-state index in [0.717, 1.165) is 29.1 Å². The van der Waals surface area contributed by atoms with Crippen molar-refractivity contribution in [2.45, 2.75) is 26.9 Å². The lowest BCUT2D eigenvalue weighted by atomic mass is 10.0. The Balaban J connectivity index is 1.47. The number of ether oxygens (including phenoxy) is 1. The maximum absolute atomic E-state index is 12.2. The highest BCUT2D eigenvalue weighted by atomic mass is 16.5. The number of aryl methyl sites for hydroxylation is 1. The molecule has 1 fully saturated rings. The van der Waals surface area contributed by atoms with Gasteiger partial charge in [-0.15, -0.1) is 0 Å². The van der Waals surface area contributed by atoms with Gasteiger partial charge in [0.25, 0.3) is 0 Å². The molecule has 30 heavy (non-hydrogen) atoms. The van der Waals surface area contributed by atoms with Gasteiger partial charge in [0.15, 0.2) is 11.7 Å². The quantitative estimate of drug-likeness (QED) is 0.574. The molecule has 1 saturated heterocycles. The Morgan fingerprint density at radius 2 is 1.93 bits per heavy atom. The summed E-state index contributed by atoms with van der Waals surface area (Å²) in [6, 6.07) is 14.3. The lowest BCUT2D eigenvalue weighted by molar-refractivity contribution is 0.134. The molecule has 2 amide bonds. The van der Waals surface area contributed by atoms with Gasteiger partial charge in [0.2, 0.25) is 0 Å². The van der Waals surface area contributed by atoms with Gasteiger partial charge < -0.3 is 14.1 Å². The smallest absolute Gasteiger partial charge is 0.324 e. The normalized spacial score (nSPS) is 14.0. The fourth-order valence-corrected chi connectivity index (χ4v) is 3.61. The van der Waals surface area contributed by atoms with Crippen LogP contribution >= 0.6 is 0 Å². The minimum atomic E-state index is 0.0339. The number of nitrogens with zero attached hydrogens (tertiary/aromatic N) is 3. The van der Waals surface area contributed by atoms with Crippen molar-refractivity contribution in [3.8, 4) is 11.3 Å². The van der Waals surface area contributed by atoms with Crippen LogP contribution in [0, 0.1) is 6.92 Å². The van der Waals surface area contributed by atoms with E-state index < -0.39 is 0 Å². The number of rotatable bonds is 7. The number of carbonyl (C=O) groups excluding carboxylic acids is 1. The van der Waals surface area contributed by atoms with Crippen LogP contribution < -0.4 is 4.90 Å².